The fourth-order valence-electron chi connectivity index (χ4n) is 7.87. The van der Waals surface area contributed by atoms with Gasteiger partial charge < -0.3 is 0 Å². The van der Waals surface area contributed by atoms with Crippen LogP contribution in [0.25, 0.3) is 77.3 Å². The second-order valence-electron chi connectivity index (χ2n) is 13.1. The van der Waals surface area contributed by atoms with Crippen molar-refractivity contribution in [1.29, 1.82) is 0 Å². The summed E-state index contributed by atoms with van der Waals surface area (Å²) in [5.41, 5.74) is 14.9. The molecule has 0 bridgehead atoms. The van der Waals surface area contributed by atoms with Crippen LogP contribution in [0, 0.1) is 0 Å². The number of benzene rings is 7. The van der Waals surface area contributed by atoms with Gasteiger partial charge in [-0.3, -0.25) is 4.98 Å². The second-order valence-corrected chi connectivity index (χ2v) is 13.1. The topological polar surface area (TPSA) is 12.9 Å². The van der Waals surface area contributed by atoms with Crippen LogP contribution in [0.5, 0.6) is 0 Å². The first-order valence-electron chi connectivity index (χ1n) is 16.4. The Bertz CT molecular complexity index is 2390. The summed E-state index contributed by atoms with van der Waals surface area (Å²) in [4.78, 5) is 5.19. The van der Waals surface area contributed by atoms with Gasteiger partial charge in [0, 0.05) is 22.7 Å². The molecule has 0 radical (unpaired) electrons. The van der Waals surface area contributed by atoms with Crippen molar-refractivity contribution in [1.82, 2.24) is 4.98 Å². The van der Waals surface area contributed by atoms with E-state index >= 15 is 0 Å². The van der Waals surface area contributed by atoms with Gasteiger partial charge in [-0.25, -0.2) is 0 Å². The summed E-state index contributed by atoms with van der Waals surface area (Å²) in [5.74, 6) is 0. The first kappa shape index (κ1) is 27.5. The van der Waals surface area contributed by atoms with Crippen LogP contribution in [0.3, 0.4) is 0 Å². The minimum Gasteiger partial charge on any atom is -0.256 e. The highest BCUT2D eigenvalue weighted by molar-refractivity contribution is 6.21. The van der Waals surface area contributed by atoms with Crippen LogP contribution < -0.4 is 0 Å². The zero-order valence-corrected chi connectivity index (χ0v) is 26.5. The third-order valence-corrected chi connectivity index (χ3v) is 10.2. The van der Waals surface area contributed by atoms with Crippen LogP contribution in [0.4, 0.5) is 0 Å². The van der Waals surface area contributed by atoms with Gasteiger partial charge in [0.25, 0.3) is 0 Å². The largest absolute Gasteiger partial charge is 0.256 e. The molecule has 0 atom stereocenters. The van der Waals surface area contributed by atoms with Gasteiger partial charge in [-0.05, 0) is 77.7 Å². The van der Waals surface area contributed by atoms with Crippen LogP contribution in [0.2, 0.25) is 0 Å². The number of hydrogen-bond donors (Lipinski definition) is 0. The molecule has 1 aromatic heterocycles. The number of aromatic nitrogens is 1. The average Bonchev–Trinajstić information content (AvgIpc) is 3.37. The minimum atomic E-state index is -0.0310. The van der Waals surface area contributed by atoms with E-state index in [0.717, 1.165) is 11.3 Å². The van der Waals surface area contributed by atoms with Crippen LogP contribution in [0.1, 0.15) is 25.0 Å². The molecule has 0 unspecified atom stereocenters. The molecular weight excluding hydrogens is 567 g/mol. The predicted molar refractivity (Wildman–Crippen MR) is 199 cm³/mol. The van der Waals surface area contributed by atoms with E-state index in [2.05, 4.69) is 178 Å². The molecule has 8 aromatic rings. The Morgan fingerprint density at radius 1 is 0.362 bits per heavy atom. The van der Waals surface area contributed by atoms with Gasteiger partial charge in [-0.2, -0.15) is 0 Å². The highest BCUT2D eigenvalue weighted by atomic mass is 14.7. The summed E-state index contributed by atoms with van der Waals surface area (Å²) < 4.78 is 0. The summed E-state index contributed by atoms with van der Waals surface area (Å²) in [6, 6.07) is 57.2. The van der Waals surface area contributed by atoms with Crippen molar-refractivity contribution in [2.45, 2.75) is 19.3 Å². The fourth-order valence-corrected chi connectivity index (χ4v) is 7.87. The molecule has 222 valence electrons. The molecule has 47 heavy (non-hydrogen) atoms. The second kappa shape index (κ2) is 10.6. The Morgan fingerprint density at radius 2 is 0.872 bits per heavy atom. The summed E-state index contributed by atoms with van der Waals surface area (Å²) in [6.45, 7) is 4.67. The molecule has 1 heteroatoms. The van der Waals surface area contributed by atoms with Crippen LogP contribution >= 0.6 is 0 Å². The average molecular weight is 600 g/mol. The third-order valence-electron chi connectivity index (χ3n) is 10.2. The Labute approximate surface area is 275 Å². The highest BCUT2D eigenvalue weighted by Gasteiger charge is 2.36. The van der Waals surface area contributed by atoms with Gasteiger partial charge in [0.15, 0.2) is 0 Å². The number of fused-ring (bicyclic) bond motifs is 5. The molecule has 9 rings (SSSR count). The fraction of sp³-hybridized carbons (Fsp3) is 0.0652. The minimum absolute atomic E-state index is 0.0310. The lowest BCUT2D eigenvalue weighted by atomic mass is 9.82. The Balaban J connectivity index is 1.19. The molecule has 0 N–H and O–H groups in total. The Kier molecular flexibility index (Phi) is 6.23. The monoisotopic (exact) mass is 599 g/mol. The molecule has 1 aliphatic carbocycles. The van der Waals surface area contributed by atoms with Gasteiger partial charge in [0.05, 0.1) is 5.69 Å². The van der Waals surface area contributed by atoms with E-state index in [-0.39, 0.29) is 5.41 Å². The van der Waals surface area contributed by atoms with Crippen molar-refractivity contribution in [2.24, 2.45) is 0 Å². The van der Waals surface area contributed by atoms with Crippen molar-refractivity contribution in [3.8, 4) is 55.8 Å². The number of pyridine rings is 1. The number of hydrogen-bond acceptors (Lipinski definition) is 1. The quantitative estimate of drug-likeness (QED) is 0.183. The van der Waals surface area contributed by atoms with Gasteiger partial charge in [0.1, 0.15) is 0 Å². The first-order chi connectivity index (χ1) is 23.1. The summed E-state index contributed by atoms with van der Waals surface area (Å²) in [5, 5.41) is 4.90. The van der Waals surface area contributed by atoms with E-state index in [1.165, 1.54) is 77.2 Å². The van der Waals surface area contributed by atoms with Gasteiger partial charge >= 0.3 is 0 Å². The zero-order valence-electron chi connectivity index (χ0n) is 26.5. The molecule has 7 aromatic carbocycles. The first-order valence-corrected chi connectivity index (χ1v) is 16.4. The Hall–Kier alpha value is -5.79. The summed E-state index contributed by atoms with van der Waals surface area (Å²) in [6.07, 6.45) is 2.07. The predicted octanol–water partition coefficient (Wildman–Crippen LogP) is 12.4. The molecule has 1 heterocycles. The van der Waals surface area contributed by atoms with E-state index < -0.39 is 0 Å². The van der Waals surface area contributed by atoms with E-state index in [4.69, 9.17) is 4.98 Å². The van der Waals surface area contributed by atoms with E-state index in [9.17, 15) is 0 Å². The third kappa shape index (κ3) is 4.27. The molecule has 0 saturated heterocycles. The maximum atomic E-state index is 5.19. The van der Waals surface area contributed by atoms with E-state index in [1.807, 2.05) is 0 Å². The van der Waals surface area contributed by atoms with Crippen molar-refractivity contribution >= 4 is 21.5 Å². The van der Waals surface area contributed by atoms with Crippen LogP contribution in [0.15, 0.2) is 164 Å². The van der Waals surface area contributed by atoms with E-state index in [0.29, 0.717) is 0 Å². The van der Waals surface area contributed by atoms with Crippen LogP contribution in [-0.2, 0) is 5.41 Å². The van der Waals surface area contributed by atoms with Crippen molar-refractivity contribution in [3.63, 3.8) is 0 Å². The summed E-state index contributed by atoms with van der Waals surface area (Å²) in [7, 11) is 0. The summed E-state index contributed by atoms with van der Waals surface area (Å²) >= 11 is 0. The lowest BCUT2D eigenvalue weighted by Crippen LogP contribution is -2.14. The molecular formula is C46H33N. The van der Waals surface area contributed by atoms with Crippen molar-refractivity contribution in [2.75, 3.05) is 0 Å². The lowest BCUT2D eigenvalue weighted by Gasteiger charge is -2.21. The maximum Gasteiger partial charge on any atom is 0.0714 e. The van der Waals surface area contributed by atoms with Gasteiger partial charge in [-0.15, -0.1) is 0 Å². The smallest absolute Gasteiger partial charge is 0.0714 e. The van der Waals surface area contributed by atoms with Crippen LogP contribution in [-0.4, -0.2) is 4.98 Å². The standard InChI is InChI=1S/C46H33N/c1-46(2)40-21-11-10-19-39(40)44-34(20-12-22-41(44)46)33-27-28-42(47-29-33)45-37-17-8-6-15-35(37)43(36-16-7-9-18-38(36)45)32-25-23-31(24-26-32)30-13-4-3-5-14-30/h3-29H,1-2H3. The SMILES string of the molecule is CC1(C)c2ccccc2-c2c(-c3ccc(-c4c5ccccc5c(-c5ccc(-c6ccccc6)cc5)c5ccccc45)nc3)cccc21. The molecule has 0 aliphatic heterocycles. The molecule has 0 spiro atoms. The maximum absolute atomic E-state index is 5.19. The molecule has 0 saturated carbocycles. The molecule has 0 amide bonds. The molecule has 1 aliphatic rings. The Morgan fingerprint density at radius 3 is 1.53 bits per heavy atom. The highest BCUT2D eigenvalue weighted by Crippen LogP contribution is 2.52. The van der Waals surface area contributed by atoms with Gasteiger partial charge in [-0.1, -0.05) is 166 Å². The van der Waals surface area contributed by atoms with E-state index in [1.54, 1.807) is 0 Å². The number of rotatable bonds is 4. The van der Waals surface area contributed by atoms with Crippen molar-refractivity contribution < 1.29 is 0 Å². The normalized spacial score (nSPS) is 13.1. The number of nitrogens with zero attached hydrogens (tertiary/aromatic N) is 1. The molecule has 0 fully saturated rings. The van der Waals surface area contributed by atoms with Crippen molar-refractivity contribution in [3.05, 3.63) is 175 Å². The van der Waals surface area contributed by atoms with Gasteiger partial charge in [0.2, 0.25) is 0 Å². The zero-order chi connectivity index (χ0) is 31.5. The lowest BCUT2D eigenvalue weighted by molar-refractivity contribution is 0.660. The molecule has 1 nitrogen and oxygen atoms in total.